The third-order valence-electron chi connectivity index (χ3n) is 7.02. The second-order valence-corrected chi connectivity index (χ2v) is 13.0. The Labute approximate surface area is 221 Å². The lowest BCUT2D eigenvalue weighted by molar-refractivity contribution is 0.476. The van der Waals surface area contributed by atoms with Crippen LogP contribution in [0.3, 0.4) is 0 Å². The van der Waals surface area contributed by atoms with Gasteiger partial charge in [-0.05, 0) is 31.0 Å². The Morgan fingerprint density at radius 2 is 1.30 bits per heavy atom. The minimum absolute atomic E-state index is 0.0287. The largest absolute Gasteiger partial charge is 0.294 e. The third-order valence-corrected chi connectivity index (χ3v) is 8.95. The second kappa shape index (κ2) is 13.8. The molecule has 1 atom stereocenters. The average Bonchev–Trinajstić information content (AvgIpc) is 3.35. The van der Waals surface area contributed by atoms with Gasteiger partial charge >= 0.3 is 0 Å². The van der Waals surface area contributed by atoms with Gasteiger partial charge in [0.15, 0.2) is 11.1 Å². The maximum atomic E-state index is 12.2. The SMILES string of the molecule is CCCCCCCCCCCCCCCCCC1=Nn2c(nc3cc(S(=O)(=O)O)ccc32)C1S(=O)(=O)O. The molecule has 3 rings (SSSR count). The number of imidazole rings is 1. The van der Waals surface area contributed by atoms with Crippen molar-refractivity contribution in [2.75, 3.05) is 0 Å². The summed E-state index contributed by atoms with van der Waals surface area (Å²) in [4.78, 5) is 3.88. The van der Waals surface area contributed by atoms with Crippen molar-refractivity contribution in [3.05, 3.63) is 24.0 Å². The fourth-order valence-corrected chi connectivity index (χ4v) is 6.42. The molecule has 11 heteroatoms. The first kappa shape index (κ1) is 29.7. The van der Waals surface area contributed by atoms with Gasteiger partial charge in [0.25, 0.3) is 20.2 Å². The number of nitrogens with zero attached hydrogens (tertiary/aromatic N) is 3. The van der Waals surface area contributed by atoms with Crippen molar-refractivity contribution in [2.45, 2.75) is 120 Å². The maximum absolute atomic E-state index is 12.2. The van der Waals surface area contributed by atoms with Gasteiger partial charge in [-0.25, -0.2) is 9.66 Å². The van der Waals surface area contributed by atoms with E-state index < -0.39 is 25.5 Å². The summed E-state index contributed by atoms with van der Waals surface area (Å²) in [5, 5.41) is 3.03. The van der Waals surface area contributed by atoms with E-state index in [0.29, 0.717) is 17.6 Å². The molecule has 0 bridgehead atoms. The van der Waals surface area contributed by atoms with Gasteiger partial charge in [0.05, 0.1) is 21.6 Å². The molecule has 1 aromatic heterocycles. The molecule has 2 heterocycles. The monoisotopic (exact) mass is 555 g/mol. The molecule has 0 fully saturated rings. The summed E-state index contributed by atoms with van der Waals surface area (Å²) in [5.74, 6) is 0.0287. The molecule has 0 saturated heterocycles. The molecular formula is C26H41N3O6S2. The highest BCUT2D eigenvalue weighted by atomic mass is 32.2. The van der Waals surface area contributed by atoms with Crippen LogP contribution in [0.2, 0.25) is 0 Å². The summed E-state index contributed by atoms with van der Waals surface area (Å²) in [6.07, 6.45) is 19.0. The number of rotatable bonds is 18. The van der Waals surface area contributed by atoms with Gasteiger partial charge in [-0.3, -0.25) is 9.11 Å². The fraction of sp³-hybridized carbons (Fsp3) is 0.692. The van der Waals surface area contributed by atoms with Gasteiger partial charge in [0, 0.05) is 0 Å². The number of hydrogen-bond acceptors (Lipinski definition) is 6. The summed E-state index contributed by atoms with van der Waals surface area (Å²) in [7, 11) is -8.93. The fourth-order valence-electron chi connectivity index (χ4n) is 4.99. The standard InChI is InChI=1S/C26H41N3O6S2/c1-2-3-4-5-6-7-8-9-10-11-12-13-14-15-16-17-22-25(37(33,34)35)26-27-23-20-21(36(30,31)32)18-19-24(23)29(26)28-22/h18-20,25H,2-17H2,1H3,(H,30,31,32)(H,33,34,35). The van der Waals surface area contributed by atoms with Crippen molar-refractivity contribution >= 4 is 37.0 Å². The summed E-state index contributed by atoms with van der Waals surface area (Å²) < 4.78 is 67.6. The van der Waals surface area contributed by atoms with Gasteiger partial charge in [-0.2, -0.15) is 21.9 Å². The van der Waals surface area contributed by atoms with Crippen LogP contribution >= 0.6 is 0 Å². The Balaban J connectivity index is 1.40. The Morgan fingerprint density at radius 1 is 0.784 bits per heavy atom. The van der Waals surface area contributed by atoms with E-state index in [9.17, 15) is 25.9 Å². The molecule has 208 valence electrons. The Bertz CT molecular complexity index is 1270. The van der Waals surface area contributed by atoms with Crippen LogP contribution in [0, 0.1) is 0 Å². The zero-order chi connectivity index (χ0) is 26.9. The smallest absolute Gasteiger partial charge is 0.285 e. The molecule has 0 radical (unpaired) electrons. The molecule has 0 aliphatic carbocycles. The van der Waals surface area contributed by atoms with Crippen molar-refractivity contribution < 1.29 is 25.9 Å². The first-order valence-corrected chi connectivity index (χ1v) is 16.6. The zero-order valence-electron chi connectivity index (χ0n) is 21.8. The highest BCUT2D eigenvalue weighted by Crippen LogP contribution is 2.34. The van der Waals surface area contributed by atoms with Crippen molar-refractivity contribution in [3.63, 3.8) is 0 Å². The van der Waals surface area contributed by atoms with Gasteiger partial charge in [-0.15, -0.1) is 0 Å². The molecule has 1 aromatic carbocycles. The van der Waals surface area contributed by atoms with Crippen molar-refractivity contribution in [2.24, 2.45) is 5.10 Å². The molecular weight excluding hydrogens is 514 g/mol. The topological polar surface area (TPSA) is 139 Å². The Morgan fingerprint density at radius 3 is 1.78 bits per heavy atom. The Hall–Kier alpha value is -1.82. The van der Waals surface area contributed by atoms with Crippen molar-refractivity contribution in [3.8, 4) is 0 Å². The molecule has 9 nitrogen and oxygen atoms in total. The number of benzene rings is 1. The van der Waals surface area contributed by atoms with E-state index in [1.165, 1.54) is 87.4 Å². The van der Waals surface area contributed by atoms with Crippen LogP contribution in [-0.2, 0) is 20.2 Å². The molecule has 37 heavy (non-hydrogen) atoms. The van der Waals surface area contributed by atoms with E-state index in [2.05, 4.69) is 17.0 Å². The van der Waals surface area contributed by atoms with E-state index >= 15 is 0 Å². The van der Waals surface area contributed by atoms with E-state index in [-0.39, 0.29) is 16.2 Å². The summed E-state index contributed by atoms with van der Waals surface area (Å²) in [5.41, 5.74) is 0.913. The number of hydrogen-bond donors (Lipinski definition) is 2. The predicted octanol–water partition coefficient (Wildman–Crippen LogP) is 6.69. The Kier molecular flexibility index (Phi) is 11.1. The highest BCUT2D eigenvalue weighted by molar-refractivity contribution is 7.86. The molecule has 1 aliphatic heterocycles. The van der Waals surface area contributed by atoms with Gasteiger partial charge in [0.1, 0.15) is 0 Å². The van der Waals surface area contributed by atoms with Crippen LogP contribution in [0.4, 0.5) is 0 Å². The first-order chi connectivity index (χ1) is 17.6. The molecule has 1 aliphatic rings. The molecule has 1 unspecified atom stereocenters. The molecule has 2 aromatic rings. The van der Waals surface area contributed by atoms with Crippen LogP contribution in [0.5, 0.6) is 0 Å². The summed E-state index contributed by atoms with van der Waals surface area (Å²) >= 11 is 0. The molecule has 0 spiro atoms. The van der Waals surface area contributed by atoms with Crippen LogP contribution in [0.1, 0.15) is 121 Å². The quantitative estimate of drug-likeness (QED) is 0.154. The lowest BCUT2D eigenvalue weighted by Crippen LogP contribution is -2.19. The number of aromatic nitrogens is 2. The minimum Gasteiger partial charge on any atom is -0.285 e. The lowest BCUT2D eigenvalue weighted by atomic mass is 10.0. The van der Waals surface area contributed by atoms with E-state index in [0.717, 1.165) is 31.7 Å². The maximum Gasteiger partial charge on any atom is 0.294 e. The predicted molar refractivity (Wildman–Crippen MR) is 146 cm³/mol. The lowest BCUT2D eigenvalue weighted by Gasteiger charge is -2.09. The van der Waals surface area contributed by atoms with Crippen LogP contribution in [0.15, 0.2) is 28.2 Å². The first-order valence-electron chi connectivity index (χ1n) is 13.7. The van der Waals surface area contributed by atoms with E-state index in [1.54, 1.807) is 0 Å². The minimum atomic E-state index is -4.50. The van der Waals surface area contributed by atoms with Crippen LogP contribution in [0.25, 0.3) is 11.0 Å². The number of fused-ring (bicyclic) bond motifs is 3. The van der Waals surface area contributed by atoms with Crippen molar-refractivity contribution in [1.29, 1.82) is 0 Å². The van der Waals surface area contributed by atoms with Gasteiger partial charge in [0.2, 0.25) is 0 Å². The van der Waals surface area contributed by atoms with Crippen LogP contribution < -0.4 is 0 Å². The third kappa shape index (κ3) is 8.59. The van der Waals surface area contributed by atoms with Gasteiger partial charge < -0.3 is 0 Å². The summed E-state index contributed by atoms with van der Waals surface area (Å²) in [6.45, 7) is 2.25. The average molecular weight is 556 g/mol. The molecule has 0 amide bonds. The normalized spacial score (nSPS) is 15.9. The van der Waals surface area contributed by atoms with Crippen molar-refractivity contribution in [1.82, 2.24) is 9.66 Å². The van der Waals surface area contributed by atoms with E-state index in [1.807, 2.05) is 0 Å². The van der Waals surface area contributed by atoms with Crippen LogP contribution in [-0.4, -0.2) is 41.3 Å². The highest BCUT2D eigenvalue weighted by Gasteiger charge is 2.40. The van der Waals surface area contributed by atoms with E-state index in [4.69, 9.17) is 0 Å². The molecule has 0 saturated carbocycles. The summed E-state index contributed by atoms with van der Waals surface area (Å²) in [6, 6.07) is 3.77. The second-order valence-electron chi connectivity index (χ2n) is 10.1. The molecule has 2 N–H and O–H groups in total. The van der Waals surface area contributed by atoms with Gasteiger partial charge in [-0.1, -0.05) is 96.8 Å². The zero-order valence-corrected chi connectivity index (χ0v) is 23.4. The number of unbranched alkanes of at least 4 members (excludes halogenated alkanes) is 14.